The average molecular weight is 1920 g/mol. The van der Waals surface area contributed by atoms with E-state index < -0.39 is 0 Å². The van der Waals surface area contributed by atoms with Crippen molar-refractivity contribution in [3.8, 4) is 136 Å². The molecule has 0 atom stereocenters. The third kappa shape index (κ3) is 15.3. The number of pyridine rings is 3. The van der Waals surface area contributed by atoms with E-state index in [1.807, 2.05) is 176 Å². The second-order valence-electron chi connectivity index (χ2n) is 37.4. The highest BCUT2D eigenvalue weighted by molar-refractivity contribution is 6.16. The van der Waals surface area contributed by atoms with E-state index in [0.717, 1.165) is 173 Å². The van der Waals surface area contributed by atoms with Crippen LogP contribution in [0.4, 0.5) is 0 Å². The highest BCUT2D eigenvalue weighted by Gasteiger charge is 2.27. The van der Waals surface area contributed by atoms with Crippen molar-refractivity contribution in [1.29, 1.82) is 0 Å². The van der Waals surface area contributed by atoms with E-state index in [0.29, 0.717) is 29.2 Å². The standard InChI is InChI=1S/2C45H29N5.C44H28N6/c1-4-13-30(14-5-1)38-29-43(48-45(47-38)31-15-6-2-7-16-31)50-40-25-23-32(27-37(40)44-41(50)21-12-26-46-44)33-22-24-36-35-19-10-11-20-39(35)49(42(36)28-33)34-17-8-3-9-18-34;1-4-13-30(14-5-1)43-42(29-47-45(48-43)31-15-6-2-7-16-31)50-39-25-23-32(27-37(39)44-40(50)21-12-26-46-44)33-22-24-36-35-19-10-11-20-38(35)49(41(36)28-33)34-17-8-3-9-18-34;1-4-13-29(14-5-1)42-46-43(30-15-6-2-7-16-30)48-44(47-42)50-38-25-23-31(27-36(38)41-39(50)21-12-26-45-41)32-22-24-35-34-19-10-11-20-37(34)49(40(35)28-32)33-17-8-3-9-18-33/h2*1-29H;1-28H. The number of benzene rings is 18. The molecule has 30 rings (SSSR count). The molecule has 16 heteroatoms. The number of fused-ring (bicyclic) bond motifs is 18. The lowest BCUT2D eigenvalue weighted by Crippen LogP contribution is -2.06. The first-order chi connectivity index (χ1) is 74.4. The van der Waals surface area contributed by atoms with E-state index in [1.54, 1.807) is 0 Å². The van der Waals surface area contributed by atoms with E-state index in [-0.39, 0.29) is 0 Å². The van der Waals surface area contributed by atoms with Crippen LogP contribution in [0.1, 0.15) is 0 Å². The third-order valence-corrected chi connectivity index (χ3v) is 28.6. The number of hydrogen-bond acceptors (Lipinski definition) is 10. The Labute approximate surface area is 860 Å². The average Bonchev–Trinajstić information content (AvgIpc) is 1.58. The largest absolute Gasteiger partial charge is 0.309 e. The van der Waals surface area contributed by atoms with Gasteiger partial charge in [0, 0.05) is 124 Å². The minimum absolute atomic E-state index is 0.548. The number of hydrogen-bond donors (Lipinski definition) is 0. The number of rotatable bonds is 15. The molecule has 150 heavy (non-hydrogen) atoms. The Morgan fingerprint density at radius 2 is 0.447 bits per heavy atom. The second-order valence-corrected chi connectivity index (χ2v) is 37.4. The van der Waals surface area contributed by atoms with Crippen molar-refractivity contribution in [2.24, 2.45) is 0 Å². The Morgan fingerprint density at radius 3 is 0.847 bits per heavy atom. The molecule has 12 heterocycles. The minimum Gasteiger partial charge on any atom is -0.309 e. The molecular formula is C134H86N16. The van der Waals surface area contributed by atoms with Gasteiger partial charge in [-0.25, -0.2) is 24.9 Å². The Hall–Kier alpha value is -20.6. The maximum atomic E-state index is 5.17. The molecule has 0 bridgehead atoms. The van der Waals surface area contributed by atoms with Crippen LogP contribution in [-0.2, 0) is 0 Å². The van der Waals surface area contributed by atoms with Crippen molar-refractivity contribution in [2.75, 3.05) is 0 Å². The summed E-state index contributed by atoms with van der Waals surface area (Å²) in [6.07, 6.45) is 7.54. The van der Waals surface area contributed by atoms with Gasteiger partial charge in [-0.1, -0.05) is 346 Å². The molecule has 0 aliphatic rings. The zero-order valence-electron chi connectivity index (χ0n) is 80.8. The van der Waals surface area contributed by atoms with Crippen molar-refractivity contribution in [2.45, 2.75) is 0 Å². The van der Waals surface area contributed by atoms with Crippen molar-refractivity contribution in [3.05, 3.63) is 522 Å². The van der Waals surface area contributed by atoms with Crippen LogP contribution in [0.25, 0.3) is 267 Å². The summed E-state index contributed by atoms with van der Waals surface area (Å²) >= 11 is 0. The molecule has 0 saturated heterocycles. The van der Waals surface area contributed by atoms with Crippen molar-refractivity contribution >= 4 is 131 Å². The second kappa shape index (κ2) is 37.0. The molecule has 0 spiro atoms. The van der Waals surface area contributed by atoms with Crippen LogP contribution in [0.5, 0.6) is 0 Å². The molecule has 18 aromatic carbocycles. The van der Waals surface area contributed by atoms with Crippen LogP contribution in [0.2, 0.25) is 0 Å². The van der Waals surface area contributed by atoms with Crippen LogP contribution in [0.3, 0.4) is 0 Å². The summed E-state index contributed by atoms with van der Waals surface area (Å²) in [4.78, 5) is 50.0. The van der Waals surface area contributed by atoms with Crippen LogP contribution < -0.4 is 0 Å². The van der Waals surface area contributed by atoms with E-state index in [2.05, 4.69) is 373 Å². The summed E-state index contributed by atoms with van der Waals surface area (Å²) in [5.41, 5.74) is 34.6. The van der Waals surface area contributed by atoms with Gasteiger partial charge in [0.2, 0.25) is 5.95 Å². The zero-order valence-corrected chi connectivity index (χ0v) is 80.8. The molecule has 0 aliphatic carbocycles. The first-order valence-electron chi connectivity index (χ1n) is 50.2. The van der Waals surface area contributed by atoms with Gasteiger partial charge in [-0.15, -0.1) is 0 Å². The van der Waals surface area contributed by atoms with Crippen molar-refractivity contribution in [1.82, 2.24) is 77.2 Å². The summed E-state index contributed by atoms with van der Waals surface area (Å²) in [6, 6.07) is 174. The maximum Gasteiger partial charge on any atom is 0.238 e. The molecular weight excluding hydrogens is 1830 g/mol. The first-order valence-corrected chi connectivity index (χ1v) is 50.2. The molecule has 702 valence electrons. The van der Waals surface area contributed by atoms with Gasteiger partial charge >= 0.3 is 0 Å². The first kappa shape index (κ1) is 87.2. The fourth-order valence-electron chi connectivity index (χ4n) is 21.8. The van der Waals surface area contributed by atoms with Crippen molar-refractivity contribution in [3.63, 3.8) is 0 Å². The quantitative estimate of drug-likeness (QED) is 0.0967. The molecule has 0 N–H and O–H groups in total. The summed E-state index contributed by atoms with van der Waals surface area (Å²) in [6.45, 7) is 0. The van der Waals surface area contributed by atoms with E-state index in [1.165, 1.54) is 65.4 Å². The molecule has 0 unspecified atom stereocenters. The smallest absolute Gasteiger partial charge is 0.238 e. The normalized spacial score (nSPS) is 11.6. The van der Waals surface area contributed by atoms with E-state index >= 15 is 0 Å². The predicted molar refractivity (Wildman–Crippen MR) is 612 cm³/mol. The van der Waals surface area contributed by atoms with Gasteiger partial charge in [-0.3, -0.25) is 24.1 Å². The molecule has 30 aromatic rings. The lowest BCUT2D eigenvalue weighted by Gasteiger charge is -2.14. The summed E-state index contributed by atoms with van der Waals surface area (Å²) in [7, 11) is 0. The molecule has 0 amide bonds. The number of nitrogens with zero attached hydrogens (tertiary/aromatic N) is 16. The Kier molecular flexibility index (Phi) is 21.5. The molecule has 16 nitrogen and oxygen atoms in total. The lowest BCUT2D eigenvalue weighted by atomic mass is 10.0. The fourth-order valence-corrected chi connectivity index (χ4v) is 21.8. The van der Waals surface area contributed by atoms with Gasteiger partial charge in [-0.05, 0) is 179 Å². The lowest BCUT2D eigenvalue weighted by molar-refractivity contribution is 0.953. The van der Waals surface area contributed by atoms with Crippen LogP contribution in [0, 0.1) is 0 Å². The van der Waals surface area contributed by atoms with Gasteiger partial charge in [0.1, 0.15) is 5.82 Å². The molecule has 0 saturated carbocycles. The molecule has 0 radical (unpaired) electrons. The Bertz CT molecular complexity index is 9940. The number of aromatic nitrogens is 16. The van der Waals surface area contributed by atoms with E-state index in [9.17, 15) is 0 Å². The van der Waals surface area contributed by atoms with E-state index in [4.69, 9.17) is 49.8 Å². The fraction of sp³-hybridized carbons (Fsp3) is 0. The monoisotopic (exact) mass is 1920 g/mol. The predicted octanol–water partition coefficient (Wildman–Crippen LogP) is 32.6. The summed E-state index contributed by atoms with van der Waals surface area (Å²) in [5.74, 6) is 3.95. The molecule has 0 aliphatic heterocycles. The van der Waals surface area contributed by atoms with Gasteiger partial charge < -0.3 is 18.3 Å². The minimum atomic E-state index is 0.548. The SMILES string of the molecule is c1ccc(-c2cc(-n3c4ccc(-c5ccc6c7ccccc7n(-c7ccccc7)c6c5)cc4c4ncccc43)nc(-c3ccccc3)n2)cc1.c1ccc(-c2nc(-c3ccccc3)nc(-n3c4ccc(-c5ccc6c7ccccc7n(-c7ccccc7)c6c5)cc4c4ncccc43)n2)cc1.c1ccc(-c2ncc(-n3c4ccc(-c5ccc6c7ccccc7n(-c7ccccc7)c6c5)cc4c4ncccc43)c(-c3ccccc3)n2)cc1. The maximum absolute atomic E-state index is 5.17. The highest BCUT2D eigenvalue weighted by atomic mass is 15.2. The molecule has 0 fully saturated rings. The van der Waals surface area contributed by atoms with Gasteiger partial charge in [0.05, 0.1) is 106 Å². The third-order valence-electron chi connectivity index (χ3n) is 28.6. The summed E-state index contributed by atoms with van der Waals surface area (Å²) < 4.78 is 13.7. The molecule has 12 aromatic heterocycles. The van der Waals surface area contributed by atoms with Crippen LogP contribution >= 0.6 is 0 Å². The van der Waals surface area contributed by atoms with Crippen LogP contribution in [-0.4, -0.2) is 77.2 Å². The Balaban J connectivity index is 0.000000108. The van der Waals surface area contributed by atoms with Crippen molar-refractivity contribution < 1.29 is 0 Å². The Morgan fingerprint density at radius 1 is 0.153 bits per heavy atom. The van der Waals surface area contributed by atoms with Crippen LogP contribution in [0.15, 0.2) is 522 Å². The van der Waals surface area contributed by atoms with Gasteiger partial charge in [0.25, 0.3) is 0 Å². The highest BCUT2D eigenvalue weighted by Crippen LogP contribution is 2.46. The zero-order chi connectivity index (χ0) is 99.1. The topological polar surface area (TPSA) is 158 Å². The van der Waals surface area contributed by atoms with Gasteiger partial charge in [-0.2, -0.15) is 9.97 Å². The van der Waals surface area contributed by atoms with Gasteiger partial charge in [0.15, 0.2) is 23.3 Å². The number of para-hydroxylation sites is 6. The summed E-state index contributed by atoms with van der Waals surface area (Å²) in [5, 5.41) is 10.6.